The highest BCUT2D eigenvalue weighted by Crippen LogP contribution is 2.20. The lowest BCUT2D eigenvalue weighted by Gasteiger charge is -2.25. The number of likely N-dealkylation sites (tertiary alicyclic amines) is 1. The van der Waals surface area contributed by atoms with Gasteiger partial charge in [-0.3, -0.25) is 0 Å². The Kier molecular flexibility index (Phi) is 3.43. The first kappa shape index (κ1) is 10.7. The molecule has 5 nitrogen and oxygen atoms in total. The summed E-state index contributed by atoms with van der Waals surface area (Å²) in [7, 11) is 0. The van der Waals surface area contributed by atoms with Crippen LogP contribution in [-0.2, 0) is 9.47 Å². The molecule has 0 spiro atoms. The van der Waals surface area contributed by atoms with Gasteiger partial charge in [-0.15, -0.1) is 0 Å². The van der Waals surface area contributed by atoms with Crippen molar-refractivity contribution in [3.05, 3.63) is 0 Å². The summed E-state index contributed by atoms with van der Waals surface area (Å²) in [6.07, 6.45) is 3.01. The highest BCUT2D eigenvalue weighted by Gasteiger charge is 2.29. The van der Waals surface area contributed by atoms with Gasteiger partial charge in [0.05, 0.1) is 12.6 Å². The molecular weight excluding hydrogens is 198 g/mol. The van der Waals surface area contributed by atoms with Crippen molar-refractivity contribution in [2.45, 2.75) is 38.1 Å². The molecule has 2 aliphatic heterocycles. The zero-order valence-electron chi connectivity index (χ0n) is 8.72. The monoisotopic (exact) mass is 215 g/mol. The maximum atomic E-state index is 10.7. The summed E-state index contributed by atoms with van der Waals surface area (Å²) in [6.45, 7) is 1.82. The fraction of sp³-hybridized carbons (Fsp3) is 0.900. The molecular formula is C10H17NO4. The SMILES string of the molecule is O=C(O)N1CCC(OC2CCCCO2)C1. The van der Waals surface area contributed by atoms with E-state index in [1.807, 2.05) is 0 Å². The number of amides is 1. The Morgan fingerprint density at radius 1 is 1.40 bits per heavy atom. The summed E-state index contributed by atoms with van der Waals surface area (Å²) >= 11 is 0. The van der Waals surface area contributed by atoms with E-state index < -0.39 is 6.09 Å². The third kappa shape index (κ3) is 2.82. The van der Waals surface area contributed by atoms with Crippen LogP contribution in [0.25, 0.3) is 0 Å². The fourth-order valence-corrected chi connectivity index (χ4v) is 2.05. The van der Waals surface area contributed by atoms with E-state index in [2.05, 4.69) is 0 Å². The van der Waals surface area contributed by atoms with Crippen LogP contribution in [0.5, 0.6) is 0 Å². The normalized spacial score (nSPS) is 31.9. The third-order valence-electron chi connectivity index (χ3n) is 2.90. The Morgan fingerprint density at radius 3 is 2.87 bits per heavy atom. The van der Waals surface area contributed by atoms with E-state index in [9.17, 15) is 4.79 Å². The molecule has 0 aliphatic carbocycles. The van der Waals surface area contributed by atoms with Gasteiger partial charge in [0.1, 0.15) is 0 Å². The van der Waals surface area contributed by atoms with Crippen LogP contribution in [0.1, 0.15) is 25.7 Å². The van der Waals surface area contributed by atoms with Crippen LogP contribution in [0.2, 0.25) is 0 Å². The molecule has 2 saturated heterocycles. The lowest BCUT2D eigenvalue weighted by molar-refractivity contribution is -0.184. The molecule has 2 unspecified atom stereocenters. The molecule has 2 aliphatic rings. The molecule has 2 heterocycles. The topological polar surface area (TPSA) is 59.0 Å². The minimum absolute atomic E-state index is 0.0178. The Balaban J connectivity index is 1.74. The predicted octanol–water partition coefficient (Wildman–Crippen LogP) is 1.28. The van der Waals surface area contributed by atoms with Gasteiger partial charge in [-0.05, 0) is 25.7 Å². The van der Waals surface area contributed by atoms with Crippen molar-refractivity contribution in [3.63, 3.8) is 0 Å². The average Bonchev–Trinajstić information content (AvgIpc) is 2.68. The maximum absolute atomic E-state index is 10.7. The second kappa shape index (κ2) is 4.81. The summed E-state index contributed by atoms with van der Waals surface area (Å²) in [5, 5.41) is 8.78. The molecule has 0 bridgehead atoms. The van der Waals surface area contributed by atoms with E-state index in [0.29, 0.717) is 13.1 Å². The minimum Gasteiger partial charge on any atom is -0.465 e. The molecule has 15 heavy (non-hydrogen) atoms. The number of ether oxygens (including phenoxy) is 2. The third-order valence-corrected chi connectivity index (χ3v) is 2.90. The van der Waals surface area contributed by atoms with Gasteiger partial charge in [0.15, 0.2) is 6.29 Å². The van der Waals surface area contributed by atoms with Crippen molar-refractivity contribution in [3.8, 4) is 0 Å². The molecule has 2 rings (SSSR count). The van der Waals surface area contributed by atoms with Crippen molar-refractivity contribution in [2.24, 2.45) is 0 Å². The first-order valence-corrected chi connectivity index (χ1v) is 5.50. The standard InChI is InChI=1S/C10H17NO4/c12-10(13)11-5-4-8(7-11)15-9-3-1-2-6-14-9/h8-9H,1-7H2,(H,12,13). The van der Waals surface area contributed by atoms with E-state index in [1.165, 1.54) is 4.90 Å². The number of hydrogen-bond donors (Lipinski definition) is 1. The van der Waals surface area contributed by atoms with E-state index in [0.717, 1.165) is 32.3 Å². The van der Waals surface area contributed by atoms with E-state index in [1.54, 1.807) is 0 Å². The van der Waals surface area contributed by atoms with Crippen molar-refractivity contribution >= 4 is 6.09 Å². The zero-order chi connectivity index (χ0) is 10.7. The molecule has 0 aromatic carbocycles. The van der Waals surface area contributed by atoms with Crippen molar-refractivity contribution in [1.29, 1.82) is 0 Å². The largest absolute Gasteiger partial charge is 0.465 e. The first-order valence-electron chi connectivity index (χ1n) is 5.50. The van der Waals surface area contributed by atoms with Gasteiger partial charge in [-0.2, -0.15) is 0 Å². The van der Waals surface area contributed by atoms with Gasteiger partial charge < -0.3 is 19.5 Å². The molecule has 2 fully saturated rings. The smallest absolute Gasteiger partial charge is 0.407 e. The molecule has 2 atom stereocenters. The number of rotatable bonds is 2. The van der Waals surface area contributed by atoms with E-state index in [4.69, 9.17) is 14.6 Å². The highest BCUT2D eigenvalue weighted by molar-refractivity contribution is 5.65. The zero-order valence-corrected chi connectivity index (χ0v) is 8.72. The minimum atomic E-state index is -0.856. The molecule has 0 aromatic rings. The molecule has 0 saturated carbocycles. The Bertz CT molecular complexity index is 227. The van der Waals surface area contributed by atoms with Crippen molar-refractivity contribution in [2.75, 3.05) is 19.7 Å². The molecule has 1 N–H and O–H groups in total. The molecule has 0 aromatic heterocycles. The van der Waals surface area contributed by atoms with Crippen LogP contribution in [0.15, 0.2) is 0 Å². The molecule has 86 valence electrons. The van der Waals surface area contributed by atoms with Crippen molar-refractivity contribution in [1.82, 2.24) is 4.90 Å². The fourth-order valence-electron chi connectivity index (χ4n) is 2.05. The van der Waals surface area contributed by atoms with Gasteiger partial charge in [0.25, 0.3) is 0 Å². The van der Waals surface area contributed by atoms with Crippen LogP contribution in [0.3, 0.4) is 0 Å². The van der Waals surface area contributed by atoms with Crippen LogP contribution < -0.4 is 0 Å². The number of carboxylic acid groups (broad SMARTS) is 1. The van der Waals surface area contributed by atoms with Crippen molar-refractivity contribution < 1.29 is 19.4 Å². The summed E-state index contributed by atoms with van der Waals surface area (Å²) in [4.78, 5) is 12.1. The predicted molar refractivity (Wildman–Crippen MR) is 52.7 cm³/mol. The molecule has 5 heteroatoms. The Morgan fingerprint density at radius 2 is 2.27 bits per heavy atom. The van der Waals surface area contributed by atoms with E-state index in [-0.39, 0.29) is 12.4 Å². The summed E-state index contributed by atoms with van der Waals surface area (Å²) in [5.41, 5.74) is 0. The summed E-state index contributed by atoms with van der Waals surface area (Å²) in [6, 6.07) is 0. The number of carbonyl (C=O) groups is 1. The lowest BCUT2D eigenvalue weighted by atomic mass is 10.2. The summed E-state index contributed by atoms with van der Waals surface area (Å²) < 4.78 is 11.2. The highest BCUT2D eigenvalue weighted by atomic mass is 16.7. The van der Waals surface area contributed by atoms with Gasteiger partial charge in [-0.25, -0.2) is 4.79 Å². The first-order chi connectivity index (χ1) is 7.25. The van der Waals surface area contributed by atoms with Crippen LogP contribution in [0.4, 0.5) is 4.79 Å². The average molecular weight is 215 g/mol. The van der Waals surface area contributed by atoms with Gasteiger partial charge in [-0.1, -0.05) is 0 Å². The lowest BCUT2D eigenvalue weighted by Crippen LogP contribution is -2.32. The number of nitrogens with zero attached hydrogens (tertiary/aromatic N) is 1. The maximum Gasteiger partial charge on any atom is 0.407 e. The van der Waals surface area contributed by atoms with Gasteiger partial charge in [0.2, 0.25) is 0 Å². The van der Waals surface area contributed by atoms with Crippen LogP contribution >= 0.6 is 0 Å². The second-order valence-electron chi connectivity index (χ2n) is 4.07. The van der Waals surface area contributed by atoms with Crippen LogP contribution in [0, 0.1) is 0 Å². The quantitative estimate of drug-likeness (QED) is 0.753. The Labute approximate surface area is 89.0 Å². The van der Waals surface area contributed by atoms with Crippen LogP contribution in [-0.4, -0.2) is 48.2 Å². The van der Waals surface area contributed by atoms with Gasteiger partial charge in [0, 0.05) is 13.2 Å². The van der Waals surface area contributed by atoms with Gasteiger partial charge >= 0.3 is 6.09 Å². The summed E-state index contributed by atoms with van der Waals surface area (Å²) in [5.74, 6) is 0. The molecule has 0 radical (unpaired) electrons. The Hall–Kier alpha value is -0.810. The molecule has 1 amide bonds. The second-order valence-corrected chi connectivity index (χ2v) is 4.07. The number of hydrogen-bond acceptors (Lipinski definition) is 3. The van der Waals surface area contributed by atoms with E-state index >= 15 is 0 Å².